The van der Waals surface area contributed by atoms with Crippen LogP contribution in [0.3, 0.4) is 0 Å². The third kappa shape index (κ3) is 1.89. The fourth-order valence-corrected chi connectivity index (χ4v) is 1.01. The average molecular weight is 207 g/mol. The maximum absolute atomic E-state index is 12.5. The molecule has 0 aliphatic carbocycles. The summed E-state index contributed by atoms with van der Waals surface area (Å²) in [6.07, 6.45) is -3.35. The highest BCUT2D eigenvalue weighted by molar-refractivity contribution is 5.41. The minimum atomic E-state index is -4.54. The quantitative estimate of drug-likeness (QED) is 0.744. The standard InChI is InChI=1S/C8H8F3NO2/c1-13-5-3-4-12-7(14-2)6(5)8(9,10)11/h3-4H,1-2H3. The summed E-state index contributed by atoms with van der Waals surface area (Å²) in [5, 5.41) is 0. The largest absolute Gasteiger partial charge is 0.496 e. The summed E-state index contributed by atoms with van der Waals surface area (Å²) >= 11 is 0. The second kappa shape index (κ2) is 3.73. The van der Waals surface area contributed by atoms with Gasteiger partial charge in [0.05, 0.1) is 14.2 Å². The smallest absolute Gasteiger partial charge is 0.425 e. The summed E-state index contributed by atoms with van der Waals surface area (Å²) in [6.45, 7) is 0. The Hall–Kier alpha value is -1.46. The van der Waals surface area contributed by atoms with Crippen LogP contribution in [0.1, 0.15) is 5.56 Å². The van der Waals surface area contributed by atoms with Crippen LogP contribution in [0.4, 0.5) is 13.2 Å². The molecule has 0 atom stereocenters. The van der Waals surface area contributed by atoms with Gasteiger partial charge in [-0.15, -0.1) is 0 Å². The fourth-order valence-electron chi connectivity index (χ4n) is 1.01. The number of ether oxygens (including phenoxy) is 2. The van der Waals surface area contributed by atoms with E-state index in [2.05, 4.69) is 14.5 Å². The molecule has 0 aliphatic heterocycles. The molecule has 0 unspecified atom stereocenters. The van der Waals surface area contributed by atoms with E-state index in [0.717, 1.165) is 20.3 Å². The summed E-state index contributed by atoms with van der Waals surface area (Å²) in [5.41, 5.74) is -0.995. The van der Waals surface area contributed by atoms with Gasteiger partial charge in [-0.05, 0) is 6.07 Å². The zero-order valence-electron chi connectivity index (χ0n) is 7.55. The molecule has 14 heavy (non-hydrogen) atoms. The molecular formula is C8H8F3NO2. The van der Waals surface area contributed by atoms with Crippen LogP contribution in [-0.2, 0) is 6.18 Å². The van der Waals surface area contributed by atoms with Crippen LogP contribution in [0.5, 0.6) is 11.6 Å². The van der Waals surface area contributed by atoms with Crippen molar-refractivity contribution in [1.82, 2.24) is 4.98 Å². The zero-order valence-corrected chi connectivity index (χ0v) is 7.55. The van der Waals surface area contributed by atoms with Crippen LogP contribution in [0.2, 0.25) is 0 Å². The normalized spacial score (nSPS) is 11.2. The van der Waals surface area contributed by atoms with Gasteiger partial charge in [0, 0.05) is 6.20 Å². The minimum Gasteiger partial charge on any atom is -0.496 e. The lowest BCUT2D eigenvalue weighted by molar-refractivity contribution is -0.140. The van der Waals surface area contributed by atoms with E-state index in [-0.39, 0.29) is 5.75 Å². The van der Waals surface area contributed by atoms with E-state index in [1.807, 2.05) is 0 Å². The molecule has 0 bridgehead atoms. The first-order chi connectivity index (χ1) is 6.50. The van der Waals surface area contributed by atoms with Crippen LogP contribution in [0.15, 0.2) is 12.3 Å². The molecule has 0 amide bonds. The van der Waals surface area contributed by atoms with E-state index in [1.165, 1.54) is 6.20 Å². The van der Waals surface area contributed by atoms with Crippen molar-refractivity contribution in [2.45, 2.75) is 6.18 Å². The molecule has 3 nitrogen and oxygen atoms in total. The molecule has 0 N–H and O–H groups in total. The van der Waals surface area contributed by atoms with Gasteiger partial charge in [0.1, 0.15) is 5.75 Å². The Morgan fingerprint density at radius 1 is 1.21 bits per heavy atom. The van der Waals surface area contributed by atoms with Crippen molar-refractivity contribution in [3.63, 3.8) is 0 Å². The highest BCUT2D eigenvalue weighted by atomic mass is 19.4. The molecule has 0 fully saturated rings. The number of hydrogen-bond donors (Lipinski definition) is 0. The van der Waals surface area contributed by atoms with E-state index in [1.54, 1.807) is 0 Å². The lowest BCUT2D eigenvalue weighted by Crippen LogP contribution is -2.10. The van der Waals surface area contributed by atoms with Gasteiger partial charge in [0.2, 0.25) is 5.88 Å². The van der Waals surface area contributed by atoms with Crippen molar-refractivity contribution in [2.24, 2.45) is 0 Å². The summed E-state index contributed by atoms with van der Waals surface area (Å²) in [7, 11) is 2.28. The van der Waals surface area contributed by atoms with E-state index >= 15 is 0 Å². The van der Waals surface area contributed by atoms with Crippen LogP contribution in [0, 0.1) is 0 Å². The van der Waals surface area contributed by atoms with Crippen molar-refractivity contribution >= 4 is 0 Å². The maximum Gasteiger partial charge on any atom is 0.425 e. The van der Waals surface area contributed by atoms with Gasteiger partial charge in [-0.3, -0.25) is 0 Å². The number of aromatic nitrogens is 1. The van der Waals surface area contributed by atoms with Crippen LogP contribution < -0.4 is 9.47 Å². The molecule has 0 saturated carbocycles. The summed E-state index contributed by atoms with van der Waals surface area (Å²) < 4.78 is 46.5. The van der Waals surface area contributed by atoms with Crippen molar-refractivity contribution in [3.05, 3.63) is 17.8 Å². The number of halogens is 3. The molecule has 78 valence electrons. The van der Waals surface area contributed by atoms with Crippen LogP contribution in [0.25, 0.3) is 0 Å². The van der Waals surface area contributed by atoms with Crippen molar-refractivity contribution in [2.75, 3.05) is 14.2 Å². The Bertz CT molecular complexity index is 303. The van der Waals surface area contributed by atoms with E-state index in [4.69, 9.17) is 0 Å². The SMILES string of the molecule is COc1ccnc(OC)c1C(F)(F)F. The van der Waals surface area contributed by atoms with E-state index in [0.29, 0.717) is 0 Å². The average Bonchev–Trinajstić information content (AvgIpc) is 2.15. The van der Waals surface area contributed by atoms with Gasteiger partial charge in [0.25, 0.3) is 0 Å². The number of rotatable bonds is 2. The van der Waals surface area contributed by atoms with Gasteiger partial charge in [0.15, 0.2) is 5.56 Å². The Balaban J connectivity index is 3.34. The predicted molar refractivity (Wildman–Crippen MR) is 42.3 cm³/mol. The number of nitrogens with zero attached hydrogens (tertiary/aromatic N) is 1. The first-order valence-corrected chi connectivity index (χ1v) is 3.65. The fraction of sp³-hybridized carbons (Fsp3) is 0.375. The Kier molecular flexibility index (Phi) is 2.83. The molecule has 0 saturated heterocycles. The molecule has 6 heteroatoms. The van der Waals surface area contributed by atoms with Gasteiger partial charge >= 0.3 is 6.18 Å². The summed E-state index contributed by atoms with van der Waals surface area (Å²) in [4.78, 5) is 3.45. The molecule has 0 aromatic carbocycles. The van der Waals surface area contributed by atoms with Gasteiger partial charge in [-0.2, -0.15) is 13.2 Å². The first kappa shape index (κ1) is 10.6. The number of alkyl halides is 3. The molecule has 0 radical (unpaired) electrons. The van der Waals surface area contributed by atoms with Gasteiger partial charge in [-0.1, -0.05) is 0 Å². The Morgan fingerprint density at radius 2 is 1.86 bits per heavy atom. The van der Waals surface area contributed by atoms with Crippen LogP contribution in [-0.4, -0.2) is 19.2 Å². The minimum absolute atomic E-state index is 0.302. The topological polar surface area (TPSA) is 31.4 Å². The number of pyridine rings is 1. The predicted octanol–water partition coefficient (Wildman–Crippen LogP) is 2.12. The Morgan fingerprint density at radius 3 is 2.29 bits per heavy atom. The lowest BCUT2D eigenvalue weighted by Gasteiger charge is -2.13. The third-order valence-corrected chi connectivity index (χ3v) is 1.57. The Labute approximate surface area is 78.5 Å². The molecule has 0 aliphatic rings. The highest BCUT2D eigenvalue weighted by Gasteiger charge is 2.38. The molecule has 1 heterocycles. The molecule has 1 rings (SSSR count). The van der Waals surface area contributed by atoms with Crippen molar-refractivity contribution in [1.29, 1.82) is 0 Å². The first-order valence-electron chi connectivity index (χ1n) is 3.65. The third-order valence-electron chi connectivity index (χ3n) is 1.57. The zero-order chi connectivity index (χ0) is 10.8. The second-order valence-corrected chi connectivity index (χ2v) is 2.40. The second-order valence-electron chi connectivity index (χ2n) is 2.40. The molecule has 0 spiro atoms. The van der Waals surface area contributed by atoms with E-state index < -0.39 is 17.6 Å². The summed E-state index contributed by atoms with van der Waals surface area (Å²) in [6, 6.07) is 1.13. The van der Waals surface area contributed by atoms with Crippen molar-refractivity contribution < 1.29 is 22.6 Å². The van der Waals surface area contributed by atoms with Gasteiger partial charge in [-0.25, -0.2) is 4.98 Å². The molecule has 1 aromatic rings. The molecular weight excluding hydrogens is 199 g/mol. The highest BCUT2D eigenvalue weighted by Crippen LogP contribution is 2.40. The summed E-state index contributed by atoms with van der Waals surface area (Å²) in [5.74, 6) is -0.791. The van der Waals surface area contributed by atoms with Crippen molar-refractivity contribution in [3.8, 4) is 11.6 Å². The van der Waals surface area contributed by atoms with E-state index in [9.17, 15) is 13.2 Å². The maximum atomic E-state index is 12.5. The monoisotopic (exact) mass is 207 g/mol. The lowest BCUT2D eigenvalue weighted by atomic mass is 10.2. The molecule has 1 aromatic heterocycles. The number of hydrogen-bond acceptors (Lipinski definition) is 3. The van der Waals surface area contributed by atoms with Crippen LogP contribution >= 0.6 is 0 Å². The number of methoxy groups -OCH3 is 2. The van der Waals surface area contributed by atoms with Gasteiger partial charge < -0.3 is 9.47 Å².